The summed E-state index contributed by atoms with van der Waals surface area (Å²) in [5.41, 5.74) is 1.98. The van der Waals surface area contributed by atoms with Gasteiger partial charge in [-0.1, -0.05) is 6.07 Å². The molecule has 0 radical (unpaired) electrons. The molecule has 1 unspecified atom stereocenters. The molecular formula is C14H17FN2O4S. The van der Waals surface area contributed by atoms with Crippen molar-refractivity contribution in [3.05, 3.63) is 23.8 Å². The lowest BCUT2D eigenvalue weighted by Gasteiger charge is -2.18. The molecule has 1 aliphatic rings. The topological polar surface area (TPSA) is 83.6 Å². The number of carbonyl (C=O) groups excluding carboxylic acids is 2. The Morgan fingerprint density at radius 3 is 2.73 bits per heavy atom. The van der Waals surface area contributed by atoms with Gasteiger partial charge in [-0.2, -0.15) is 8.42 Å². The fourth-order valence-corrected chi connectivity index (χ4v) is 3.31. The van der Waals surface area contributed by atoms with Crippen LogP contribution in [0.1, 0.15) is 18.9 Å². The summed E-state index contributed by atoms with van der Waals surface area (Å²) >= 11 is 0. The summed E-state index contributed by atoms with van der Waals surface area (Å²) in [6.07, 6.45) is -0.00744. The smallest absolute Gasteiger partial charge is 0.302 e. The van der Waals surface area contributed by atoms with E-state index in [9.17, 15) is 21.9 Å². The number of hydrogen-bond donors (Lipinski definition) is 1. The van der Waals surface area contributed by atoms with Gasteiger partial charge in [0.15, 0.2) is 0 Å². The molecule has 1 saturated heterocycles. The molecule has 0 saturated carbocycles. The molecule has 0 aromatic heterocycles. The molecule has 1 atom stereocenters. The number of rotatable bonds is 4. The summed E-state index contributed by atoms with van der Waals surface area (Å²) in [4.78, 5) is 24.6. The first kappa shape index (κ1) is 16.4. The monoisotopic (exact) mass is 328 g/mol. The van der Waals surface area contributed by atoms with Crippen LogP contribution in [0.25, 0.3) is 0 Å². The van der Waals surface area contributed by atoms with Gasteiger partial charge in [-0.3, -0.25) is 9.59 Å². The third-order valence-electron chi connectivity index (χ3n) is 3.48. The van der Waals surface area contributed by atoms with Crippen LogP contribution in [0.3, 0.4) is 0 Å². The SMILES string of the molecule is CC(=O)Nc1cc(N2CC(CS(=O)(=O)F)CC2=O)ccc1C. The van der Waals surface area contributed by atoms with Crippen LogP contribution in [0, 0.1) is 12.8 Å². The molecule has 2 rings (SSSR count). The first-order chi connectivity index (χ1) is 10.2. The van der Waals surface area contributed by atoms with Crippen LogP contribution in [0.2, 0.25) is 0 Å². The Hall–Kier alpha value is -1.96. The predicted octanol–water partition coefficient (Wildman–Crippen LogP) is 1.61. The fourth-order valence-electron chi connectivity index (χ4n) is 2.53. The van der Waals surface area contributed by atoms with Crippen LogP contribution in [0.5, 0.6) is 0 Å². The minimum absolute atomic E-state index is 0.00744. The number of nitrogens with zero attached hydrogens (tertiary/aromatic N) is 1. The Labute approximate surface area is 128 Å². The Balaban J connectivity index is 2.21. The molecule has 120 valence electrons. The van der Waals surface area contributed by atoms with Gasteiger partial charge in [-0.15, -0.1) is 3.89 Å². The quantitative estimate of drug-likeness (QED) is 0.851. The Kier molecular flexibility index (Phi) is 4.50. The molecule has 1 N–H and O–H groups in total. The Bertz CT molecular complexity index is 718. The Morgan fingerprint density at radius 2 is 2.14 bits per heavy atom. The minimum atomic E-state index is -4.60. The number of anilines is 2. The van der Waals surface area contributed by atoms with Gasteiger partial charge < -0.3 is 10.2 Å². The van der Waals surface area contributed by atoms with Crippen molar-refractivity contribution in [2.75, 3.05) is 22.5 Å². The van der Waals surface area contributed by atoms with Gasteiger partial charge in [0.1, 0.15) is 0 Å². The van der Waals surface area contributed by atoms with Gasteiger partial charge in [-0.05, 0) is 24.6 Å². The zero-order chi connectivity index (χ0) is 16.5. The van der Waals surface area contributed by atoms with Crippen molar-refractivity contribution in [1.29, 1.82) is 0 Å². The van der Waals surface area contributed by atoms with Gasteiger partial charge in [0.05, 0.1) is 5.75 Å². The van der Waals surface area contributed by atoms with Gasteiger partial charge in [0, 0.05) is 37.2 Å². The normalized spacial score (nSPS) is 18.6. The Morgan fingerprint density at radius 1 is 1.45 bits per heavy atom. The first-order valence-corrected chi connectivity index (χ1v) is 8.32. The summed E-state index contributed by atoms with van der Waals surface area (Å²) in [5, 5.41) is 2.67. The lowest BCUT2D eigenvalue weighted by Crippen LogP contribution is -2.25. The maximum absolute atomic E-state index is 12.8. The van der Waals surface area contributed by atoms with E-state index in [-0.39, 0.29) is 24.8 Å². The standard InChI is InChI=1S/C14H17FN2O4S/c1-9-3-4-12(6-13(9)16-10(2)18)17-7-11(5-14(17)19)8-22(15,20)21/h3-4,6,11H,5,7-8H2,1-2H3,(H,16,18). The number of benzene rings is 1. The molecule has 6 nitrogen and oxygen atoms in total. The highest BCUT2D eigenvalue weighted by molar-refractivity contribution is 7.86. The van der Waals surface area contributed by atoms with E-state index in [1.807, 2.05) is 6.92 Å². The van der Waals surface area contributed by atoms with E-state index in [0.717, 1.165) is 5.56 Å². The molecule has 8 heteroatoms. The third-order valence-corrected chi connectivity index (χ3v) is 4.35. The van der Waals surface area contributed by atoms with E-state index in [0.29, 0.717) is 11.4 Å². The van der Waals surface area contributed by atoms with Crippen molar-refractivity contribution >= 4 is 33.4 Å². The van der Waals surface area contributed by atoms with Gasteiger partial charge in [-0.25, -0.2) is 0 Å². The van der Waals surface area contributed by atoms with Gasteiger partial charge >= 0.3 is 10.2 Å². The first-order valence-electron chi connectivity index (χ1n) is 6.76. The second kappa shape index (κ2) is 6.04. The number of halogens is 1. The molecule has 1 fully saturated rings. The molecule has 0 spiro atoms. The molecule has 1 aliphatic heterocycles. The highest BCUT2D eigenvalue weighted by Crippen LogP contribution is 2.29. The predicted molar refractivity (Wildman–Crippen MR) is 80.8 cm³/mol. The van der Waals surface area contributed by atoms with Crippen LogP contribution >= 0.6 is 0 Å². The molecular weight excluding hydrogens is 311 g/mol. The maximum Gasteiger partial charge on any atom is 0.302 e. The van der Waals surface area contributed by atoms with Crippen molar-refractivity contribution in [2.24, 2.45) is 5.92 Å². The van der Waals surface area contributed by atoms with E-state index in [2.05, 4.69) is 5.32 Å². The zero-order valence-corrected chi connectivity index (χ0v) is 13.1. The van der Waals surface area contributed by atoms with Crippen molar-refractivity contribution in [3.8, 4) is 0 Å². The summed E-state index contributed by atoms with van der Waals surface area (Å²) in [5.74, 6) is -1.70. The molecule has 1 aromatic carbocycles. The van der Waals surface area contributed by atoms with Crippen LogP contribution in [-0.2, 0) is 19.8 Å². The van der Waals surface area contributed by atoms with E-state index in [1.165, 1.54) is 11.8 Å². The van der Waals surface area contributed by atoms with Crippen molar-refractivity contribution in [1.82, 2.24) is 0 Å². The lowest BCUT2D eigenvalue weighted by molar-refractivity contribution is -0.117. The number of nitrogens with one attached hydrogen (secondary N) is 1. The van der Waals surface area contributed by atoms with Gasteiger partial charge in [0.25, 0.3) is 0 Å². The van der Waals surface area contributed by atoms with Crippen LogP contribution in [-0.4, -0.2) is 32.5 Å². The fraction of sp³-hybridized carbons (Fsp3) is 0.429. The number of amides is 2. The van der Waals surface area contributed by atoms with Crippen LogP contribution < -0.4 is 10.2 Å². The van der Waals surface area contributed by atoms with E-state index >= 15 is 0 Å². The summed E-state index contributed by atoms with van der Waals surface area (Å²) < 4.78 is 34.2. The summed E-state index contributed by atoms with van der Waals surface area (Å²) in [7, 11) is -4.60. The molecule has 1 heterocycles. The number of aryl methyl sites for hydroxylation is 1. The van der Waals surface area contributed by atoms with E-state index in [4.69, 9.17) is 0 Å². The minimum Gasteiger partial charge on any atom is -0.326 e. The third kappa shape index (κ3) is 4.03. The molecule has 0 aliphatic carbocycles. The average Bonchev–Trinajstić information content (AvgIpc) is 2.70. The second-order valence-electron chi connectivity index (χ2n) is 5.46. The highest BCUT2D eigenvalue weighted by Gasteiger charge is 2.33. The highest BCUT2D eigenvalue weighted by atomic mass is 32.3. The van der Waals surface area contributed by atoms with E-state index < -0.39 is 21.9 Å². The van der Waals surface area contributed by atoms with E-state index in [1.54, 1.807) is 18.2 Å². The zero-order valence-electron chi connectivity index (χ0n) is 12.3. The summed E-state index contributed by atoms with van der Waals surface area (Å²) in [6.45, 7) is 3.35. The molecule has 22 heavy (non-hydrogen) atoms. The molecule has 0 bridgehead atoms. The number of hydrogen-bond acceptors (Lipinski definition) is 4. The average molecular weight is 328 g/mol. The van der Waals surface area contributed by atoms with Crippen LogP contribution in [0.4, 0.5) is 15.3 Å². The summed E-state index contributed by atoms with van der Waals surface area (Å²) in [6, 6.07) is 5.12. The number of carbonyl (C=O) groups is 2. The lowest BCUT2D eigenvalue weighted by atomic mass is 10.1. The molecule has 2 amide bonds. The molecule has 1 aromatic rings. The van der Waals surface area contributed by atoms with Crippen molar-refractivity contribution in [3.63, 3.8) is 0 Å². The van der Waals surface area contributed by atoms with Crippen LogP contribution in [0.15, 0.2) is 18.2 Å². The largest absolute Gasteiger partial charge is 0.326 e. The maximum atomic E-state index is 12.8. The van der Waals surface area contributed by atoms with Crippen molar-refractivity contribution < 1.29 is 21.9 Å². The van der Waals surface area contributed by atoms with Crippen molar-refractivity contribution in [2.45, 2.75) is 20.3 Å². The van der Waals surface area contributed by atoms with Gasteiger partial charge in [0.2, 0.25) is 11.8 Å². The second-order valence-corrected chi connectivity index (χ2v) is 6.87.